The fourth-order valence-electron chi connectivity index (χ4n) is 1.87. The first-order valence-electron chi connectivity index (χ1n) is 5.57. The lowest BCUT2D eigenvalue weighted by atomic mass is 10.2. The topological polar surface area (TPSA) is 81.1 Å². The molecule has 1 aliphatic rings. The van der Waals surface area contributed by atoms with E-state index < -0.39 is 5.82 Å². The van der Waals surface area contributed by atoms with E-state index in [-0.39, 0.29) is 11.6 Å². The molecule has 0 atom stereocenters. The number of hydrogen-bond donors (Lipinski definition) is 1. The van der Waals surface area contributed by atoms with Gasteiger partial charge in [-0.2, -0.15) is 0 Å². The summed E-state index contributed by atoms with van der Waals surface area (Å²) in [5.41, 5.74) is 8.93. The molecule has 0 unspecified atom stereocenters. The van der Waals surface area contributed by atoms with Crippen molar-refractivity contribution < 1.29 is 9.18 Å². The smallest absolute Gasteiger partial charge is 0.221 e. The highest BCUT2D eigenvalue weighted by atomic mass is 19.1. The Kier molecular flexibility index (Phi) is 3.64. The lowest BCUT2D eigenvalue weighted by Gasteiger charge is -2.22. The summed E-state index contributed by atoms with van der Waals surface area (Å²) in [6, 6.07) is 4.31. The van der Waals surface area contributed by atoms with Gasteiger partial charge in [-0.1, -0.05) is 11.2 Å². The van der Waals surface area contributed by atoms with E-state index in [4.69, 9.17) is 5.53 Å². The van der Waals surface area contributed by atoms with Gasteiger partial charge in [0.25, 0.3) is 0 Å². The summed E-state index contributed by atoms with van der Waals surface area (Å²) in [5.74, 6) is -0.474. The second kappa shape index (κ2) is 5.37. The van der Waals surface area contributed by atoms with Gasteiger partial charge in [-0.15, -0.1) is 0 Å². The molecule has 0 spiro atoms. The maximum absolute atomic E-state index is 13.9. The standard InChI is InChI=1S/C11H12FN5O/c12-9-7-8(15-16-13)1-2-10(9)17-5-3-11(18)14-4-6-17/h1-2,7H,3-6H2,(H,14,18). The minimum Gasteiger partial charge on any atom is -0.367 e. The second-order valence-corrected chi connectivity index (χ2v) is 3.91. The zero-order valence-corrected chi connectivity index (χ0v) is 9.64. The fourth-order valence-corrected chi connectivity index (χ4v) is 1.87. The zero-order chi connectivity index (χ0) is 13.0. The summed E-state index contributed by atoms with van der Waals surface area (Å²) in [6.07, 6.45) is 0.345. The van der Waals surface area contributed by atoms with Crippen molar-refractivity contribution in [1.29, 1.82) is 0 Å². The highest BCUT2D eigenvalue weighted by molar-refractivity contribution is 5.77. The van der Waals surface area contributed by atoms with Crippen LogP contribution in [0.4, 0.5) is 15.8 Å². The molecule has 0 bridgehead atoms. The van der Waals surface area contributed by atoms with E-state index >= 15 is 0 Å². The van der Waals surface area contributed by atoms with Gasteiger partial charge in [0.05, 0.1) is 5.69 Å². The average molecular weight is 249 g/mol. The Labute approximate surface area is 103 Å². The first kappa shape index (κ1) is 12.2. The Bertz CT molecular complexity index is 512. The van der Waals surface area contributed by atoms with Crippen molar-refractivity contribution in [3.63, 3.8) is 0 Å². The van der Waals surface area contributed by atoms with Crippen LogP contribution in [0.25, 0.3) is 10.4 Å². The molecule has 7 heteroatoms. The normalized spacial score (nSPS) is 15.6. The zero-order valence-electron chi connectivity index (χ0n) is 9.64. The van der Waals surface area contributed by atoms with E-state index in [1.807, 2.05) is 0 Å². The lowest BCUT2D eigenvalue weighted by molar-refractivity contribution is -0.120. The molecule has 94 valence electrons. The van der Waals surface area contributed by atoms with Crippen LogP contribution in [0.3, 0.4) is 0 Å². The predicted octanol–water partition coefficient (Wildman–Crippen LogP) is 2.09. The third-order valence-corrected chi connectivity index (χ3v) is 2.74. The molecule has 2 rings (SSSR count). The highest BCUT2D eigenvalue weighted by Gasteiger charge is 2.16. The molecule has 1 aromatic carbocycles. The third-order valence-electron chi connectivity index (χ3n) is 2.74. The van der Waals surface area contributed by atoms with E-state index in [1.54, 1.807) is 17.0 Å². The Morgan fingerprint density at radius 3 is 3.00 bits per heavy atom. The number of anilines is 1. The van der Waals surface area contributed by atoms with E-state index in [1.165, 1.54) is 6.07 Å². The summed E-state index contributed by atoms with van der Waals surface area (Å²) >= 11 is 0. The number of nitrogens with one attached hydrogen (secondary N) is 1. The van der Waals surface area contributed by atoms with Crippen molar-refractivity contribution in [2.45, 2.75) is 6.42 Å². The van der Waals surface area contributed by atoms with Crippen LogP contribution >= 0.6 is 0 Å². The van der Waals surface area contributed by atoms with Crippen LogP contribution in [0.15, 0.2) is 23.3 Å². The minimum absolute atomic E-state index is 0.0244. The molecule has 6 nitrogen and oxygen atoms in total. The molecular formula is C11H12FN5O. The monoisotopic (exact) mass is 249 g/mol. The first-order chi connectivity index (χ1) is 8.70. The Balaban J connectivity index is 2.22. The van der Waals surface area contributed by atoms with Crippen LogP contribution < -0.4 is 10.2 Å². The number of benzene rings is 1. The van der Waals surface area contributed by atoms with Crippen molar-refractivity contribution in [3.8, 4) is 0 Å². The van der Waals surface area contributed by atoms with Crippen LogP contribution in [-0.2, 0) is 4.79 Å². The number of rotatable bonds is 2. The van der Waals surface area contributed by atoms with Gasteiger partial charge in [-0.3, -0.25) is 4.79 Å². The molecule has 0 aromatic heterocycles. The predicted molar refractivity (Wildman–Crippen MR) is 65.0 cm³/mol. The second-order valence-electron chi connectivity index (χ2n) is 3.91. The van der Waals surface area contributed by atoms with Gasteiger partial charge in [0.15, 0.2) is 0 Å². The average Bonchev–Trinajstić information content (AvgIpc) is 2.55. The molecule has 1 heterocycles. The maximum atomic E-state index is 13.9. The number of carbonyl (C=O) groups is 1. The van der Waals surface area contributed by atoms with Gasteiger partial charge >= 0.3 is 0 Å². The van der Waals surface area contributed by atoms with E-state index in [2.05, 4.69) is 15.3 Å². The van der Waals surface area contributed by atoms with Gasteiger partial charge in [0.2, 0.25) is 5.91 Å². The molecule has 1 N–H and O–H groups in total. The van der Waals surface area contributed by atoms with Crippen LogP contribution in [-0.4, -0.2) is 25.5 Å². The van der Waals surface area contributed by atoms with E-state index in [0.717, 1.165) is 0 Å². The van der Waals surface area contributed by atoms with E-state index in [9.17, 15) is 9.18 Å². The molecule has 1 aromatic rings. The van der Waals surface area contributed by atoms with Gasteiger partial charge < -0.3 is 10.2 Å². The van der Waals surface area contributed by atoms with Crippen molar-refractivity contribution in [3.05, 3.63) is 34.5 Å². The van der Waals surface area contributed by atoms with Gasteiger partial charge in [-0.25, -0.2) is 4.39 Å². The molecule has 1 amide bonds. The number of nitrogens with zero attached hydrogens (tertiary/aromatic N) is 4. The summed E-state index contributed by atoms with van der Waals surface area (Å²) in [4.78, 5) is 15.6. The summed E-state index contributed by atoms with van der Waals surface area (Å²) in [5, 5.41) is 6.07. The Morgan fingerprint density at radius 1 is 1.44 bits per heavy atom. The van der Waals surface area contributed by atoms with Crippen molar-refractivity contribution >= 4 is 17.3 Å². The molecule has 1 saturated heterocycles. The minimum atomic E-state index is -0.450. The van der Waals surface area contributed by atoms with Gasteiger partial charge in [0, 0.05) is 36.7 Å². The molecule has 0 aliphatic carbocycles. The molecule has 18 heavy (non-hydrogen) atoms. The van der Waals surface area contributed by atoms with Crippen molar-refractivity contribution in [1.82, 2.24) is 5.32 Å². The van der Waals surface area contributed by atoms with Crippen LogP contribution in [0.1, 0.15) is 6.42 Å². The highest BCUT2D eigenvalue weighted by Crippen LogP contribution is 2.24. The van der Waals surface area contributed by atoms with Crippen LogP contribution in [0.5, 0.6) is 0 Å². The lowest BCUT2D eigenvalue weighted by Crippen LogP contribution is -2.28. The molecule has 1 fully saturated rings. The maximum Gasteiger partial charge on any atom is 0.221 e. The molecule has 0 radical (unpaired) electrons. The summed E-state index contributed by atoms with van der Waals surface area (Å²) in [7, 11) is 0. The quantitative estimate of drug-likeness (QED) is 0.494. The molecule has 0 saturated carbocycles. The summed E-state index contributed by atoms with van der Waals surface area (Å²) < 4.78 is 13.9. The number of hydrogen-bond acceptors (Lipinski definition) is 3. The SMILES string of the molecule is [N-]=[N+]=Nc1ccc(N2CCNC(=O)CC2)c(F)c1. The third kappa shape index (κ3) is 2.70. The van der Waals surface area contributed by atoms with Crippen molar-refractivity contribution in [2.75, 3.05) is 24.5 Å². The number of halogens is 1. The number of azide groups is 1. The largest absolute Gasteiger partial charge is 0.367 e. The van der Waals surface area contributed by atoms with E-state index in [0.29, 0.717) is 31.7 Å². The first-order valence-corrected chi connectivity index (χ1v) is 5.57. The van der Waals surface area contributed by atoms with Crippen LogP contribution in [0, 0.1) is 5.82 Å². The number of carbonyl (C=O) groups excluding carboxylic acids is 1. The molecular weight excluding hydrogens is 237 g/mol. The molecule has 1 aliphatic heterocycles. The summed E-state index contributed by atoms with van der Waals surface area (Å²) in [6.45, 7) is 1.53. The van der Waals surface area contributed by atoms with Gasteiger partial charge in [0.1, 0.15) is 5.82 Å². The number of amides is 1. The Morgan fingerprint density at radius 2 is 2.28 bits per heavy atom. The fraction of sp³-hybridized carbons (Fsp3) is 0.364. The Hall–Kier alpha value is -2.27. The van der Waals surface area contributed by atoms with Gasteiger partial charge in [-0.05, 0) is 17.7 Å². The van der Waals surface area contributed by atoms with Crippen molar-refractivity contribution in [2.24, 2.45) is 5.11 Å². The van der Waals surface area contributed by atoms with Crippen LogP contribution in [0.2, 0.25) is 0 Å².